The third-order valence-corrected chi connectivity index (χ3v) is 3.20. The molecule has 2 heterocycles. The highest BCUT2D eigenvalue weighted by Gasteiger charge is 2.15. The predicted molar refractivity (Wildman–Crippen MR) is 74.3 cm³/mol. The van der Waals surface area contributed by atoms with Crippen molar-refractivity contribution in [2.24, 2.45) is 0 Å². The lowest BCUT2D eigenvalue weighted by atomic mass is 10.2. The van der Waals surface area contributed by atoms with E-state index in [4.69, 9.17) is 4.74 Å². The maximum Gasteiger partial charge on any atom is 0.272 e. The smallest absolute Gasteiger partial charge is 0.272 e. The van der Waals surface area contributed by atoms with E-state index in [1.807, 2.05) is 6.07 Å². The molecule has 5 heteroatoms. The second kappa shape index (κ2) is 6.52. The topological polar surface area (TPSA) is 54.5 Å². The molecule has 1 amide bonds. The van der Waals surface area contributed by atoms with Gasteiger partial charge in [0.05, 0.1) is 6.10 Å². The molecule has 0 bridgehead atoms. The van der Waals surface area contributed by atoms with Crippen LogP contribution in [0.1, 0.15) is 29.8 Å². The van der Waals surface area contributed by atoms with E-state index in [1.54, 1.807) is 26.4 Å². The Morgan fingerprint density at radius 1 is 1.58 bits per heavy atom. The van der Waals surface area contributed by atoms with E-state index in [2.05, 4.69) is 10.3 Å². The number of carbonyl (C=O) groups is 1. The van der Waals surface area contributed by atoms with Crippen LogP contribution in [-0.2, 0) is 4.74 Å². The minimum Gasteiger partial charge on any atom is -0.385 e. The fourth-order valence-corrected chi connectivity index (χ4v) is 2.14. The van der Waals surface area contributed by atoms with Crippen LogP contribution < -0.4 is 5.32 Å². The molecule has 1 fully saturated rings. The molecule has 1 aromatic heterocycles. The van der Waals surface area contributed by atoms with Gasteiger partial charge in [0.2, 0.25) is 0 Å². The number of carbonyl (C=O) groups excluding carboxylic acids is 1. The summed E-state index contributed by atoms with van der Waals surface area (Å²) in [7, 11) is 3.45. The molecular weight excluding hydrogens is 242 g/mol. The number of rotatable bonds is 5. The van der Waals surface area contributed by atoms with Crippen molar-refractivity contribution in [1.29, 1.82) is 0 Å². The third-order valence-electron chi connectivity index (χ3n) is 3.20. The van der Waals surface area contributed by atoms with Gasteiger partial charge in [-0.2, -0.15) is 0 Å². The number of amides is 1. The van der Waals surface area contributed by atoms with Gasteiger partial charge in [0.15, 0.2) is 0 Å². The van der Waals surface area contributed by atoms with Gasteiger partial charge in [-0.25, -0.2) is 0 Å². The Morgan fingerprint density at radius 2 is 2.42 bits per heavy atom. The van der Waals surface area contributed by atoms with Gasteiger partial charge in [0, 0.05) is 39.1 Å². The van der Waals surface area contributed by atoms with Gasteiger partial charge in [-0.15, -0.1) is 0 Å². The van der Waals surface area contributed by atoms with Crippen molar-refractivity contribution in [2.75, 3.05) is 32.6 Å². The summed E-state index contributed by atoms with van der Waals surface area (Å²) in [5.74, 6) is -0.0808. The van der Waals surface area contributed by atoms with Gasteiger partial charge in [-0.1, -0.05) is 0 Å². The zero-order valence-corrected chi connectivity index (χ0v) is 11.6. The van der Waals surface area contributed by atoms with Crippen LogP contribution >= 0.6 is 0 Å². The summed E-state index contributed by atoms with van der Waals surface area (Å²) in [5, 5.41) is 3.31. The fourth-order valence-electron chi connectivity index (χ4n) is 2.14. The molecular formula is C14H21N3O2. The highest BCUT2D eigenvalue weighted by molar-refractivity contribution is 5.92. The summed E-state index contributed by atoms with van der Waals surface area (Å²) < 4.78 is 5.57. The lowest BCUT2D eigenvalue weighted by Crippen LogP contribution is -2.22. The monoisotopic (exact) mass is 263 g/mol. The molecule has 5 nitrogen and oxygen atoms in total. The van der Waals surface area contributed by atoms with Gasteiger partial charge < -0.3 is 15.0 Å². The molecule has 1 unspecified atom stereocenters. The van der Waals surface area contributed by atoms with Crippen LogP contribution in [0.4, 0.5) is 5.69 Å². The van der Waals surface area contributed by atoms with Crippen molar-refractivity contribution >= 4 is 11.6 Å². The number of nitrogens with one attached hydrogen (secondary N) is 1. The molecule has 1 saturated heterocycles. The Morgan fingerprint density at radius 3 is 3.11 bits per heavy atom. The highest BCUT2D eigenvalue weighted by atomic mass is 16.5. The summed E-state index contributed by atoms with van der Waals surface area (Å²) in [6.07, 6.45) is 5.37. The zero-order valence-electron chi connectivity index (χ0n) is 11.6. The molecule has 0 spiro atoms. The third kappa shape index (κ3) is 3.92. The zero-order chi connectivity index (χ0) is 13.7. The molecule has 104 valence electrons. The molecule has 1 aromatic rings. The molecule has 19 heavy (non-hydrogen) atoms. The number of aromatic nitrogens is 1. The van der Waals surface area contributed by atoms with Gasteiger partial charge >= 0.3 is 0 Å². The Balaban J connectivity index is 1.86. The highest BCUT2D eigenvalue weighted by Crippen LogP contribution is 2.16. The molecule has 1 N–H and O–H groups in total. The Kier molecular flexibility index (Phi) is 4.74. The SMILES string of the molecule is CN(C)C(=O)c1cc(NCCC2CCCO2)ccn1. The Bertz CT molecular complexity index is 428. The van der Waals surface area contributed by atoms with Crippen molar-refractivity contribution < 1.29 is 9.53 Å². The van der Waals surface area contributed by atoms with Crippen molar-refractivity contribution in [3.05, 3.63) is 24.0 Å². The van der Waals surface area contributed by atoms with Crippen LogP contribution in [-0.4, -0.2) is 49.1 Å². The number of hydrogen-bond donors (Lipinski definition) is 1. The standard InChI is InChI=1S/C14H21N3O2/c1-17(2)14(18)13-10-11(5-7-16-13)15-8-6-12-4-3-9-19-12/h5,7,10,12H,3-4,6,8-9H2,1-2H3,(H,15,16). The maximum atomic E-state index is 11.8. The van der Waals surface area contributed by atoms with Crippen molar-refractivity contribution in [3.8, 4) is 0 Å². The molecule has 1 aliphatic heterocycles. The number of ether oxygens (including phenoxy) is 1. The number of pyridine rings is 1. The molecule has 0 saturated carbocycles. The summed E-state index contributed by atoms with van der Waals surface area (Å²) >= 11 is 0. The van der Waals surface area contributed by atoms with E-state index in [-0.39, 0.29) is 5.91 Å². The Labute approximate surface area is 114 Å². The summed E-state index contributed by atoms with van der Waals surface area (Å²) in [6.45, 7) is 1.74. The lowest BCUT2D eigenvalue weighted by Gasteiger charge is -2.13. The minimum atomic E-state index is -0.0808. The number of hydrogen-bond acceptors (Lipinski definition) is 4. The van der Waals surface area contributed by atoms with E-state index in [0.29, 0.717) is 11.8 Å². The molecule has 1 atom stereocenters. The van der Waals surface area contributed by atoms with Crippen LogP contribution in [0.3, 0.4) is 0 Å². The largest absolute Gasteiger partial charge is 0.385 e. The quantitative estimate of drug-likeness (QED) is 0.879. The second-order valence-electron chi connectivity index (χ2n) is 4.98. The average molecular weight is 263 g/mol. The molecule has 0 radical (unpaired) electrons. The van der Waals surface area contributed by atoms with Crippen LogP contribution in [0.5, 0.6) is 0 Å². The van der Waals surface area contributed by atoms with E-state index >= 15 is 0 Å². The number of anilines is 1. The van der Waals surface area contributed by atoms with Gasteiger partial charge in [-0.05, 0) is 31.4 Å². The first-order chi connectivity index (χ1) is 9.16. The molecule has 0 aromatic carbocycles. The van der Waals surface area contributed by atoms with Crippen molar-refractivity contribution in [2.45, 2.75) is 25.4 Å². The normalized spacial score (nSPS) is 18.3. The molecule has 2 rings (SSSR count). The molecule has 1 aliphatic rings. The van der Waals surface area contributed by atoms with Crippen molar-refractivity contribution in [3.63, 3.8) is 0 Å². The van der Waals surface area contributed by atoms with Gasteiger partial charge in [0.1, 0.15) is 5.69 Å². The maximum absolute atomic E-state index is 11.8. The van der Waals surface area contributed by atoms with E-state index < -0.39 is 0 Å². The second-order valence-corrected chi connectivity index (χ2v) is 4.98. The van der Waals surface area contributed by atoms with E-state index in [9.17, 15) is 4.79 Å². The van der Waals surface area contributed by atoms with Crippen molar-refractivity contribution in [1.82, 2.24) is 9.88 Å². The first-order valence-corrected chi connectivity index (χ1v) is 6.70. The average Bonchev–Trinajstić information content (AvgIpc) is 2.91. The Hall–Kier alpha value is -1.62. The van der Waals surface area contributed by atoms with Crippen LogP contribution in [0.2, 0.25) is 0 Å². The van der Waals surface area contributed by atoms with Crippen LogP contribution in [0, 0.1) is 0 Å². The van der Waals surface area contributed by atoms with Gasteiger partial charge in [0.25, 0.3) is 5.91 Å². The number of nitrogens with zero attached hydrogens (tertiary/aromatic N) is 2. The molecule has 0 aliphatic carbocycles. The van der Waals surface area contributed by atoms with Crippen LogP contribution in [0.15, 0.2) is 18.3 Å². The predicted octanol–water partition coefficient (Wildman–Crippen LogP) is 1.76. The van der Waals surface area contributed by atoms with Gasteiger partial charge in [-0.3, -0.25) is 9.78 Å². The first-order valence-electron chi connectivity index (χ1n) is 6.70. The van der Waals surface area contributed by atoms with E-state index in [1.165, 1.54) is 11.3 Å². The first kappa shape index (κ1) is 13.8. The summed E-state index contributed by atoms with van der Waals surface area (Å²) in [6, 6.07) is 3.67. The summed E-state index contributed by atoms with van der Waals surface area (Å²) in [4.78, 5) is 17.4. The van der Waals surface area contributed by atoms with E-state index in [0.717, 1.165) is 31.7 Å². The lowest BCUT2D eigenvalue weighted by molar-refractivity contribution is 0.0822. The summed E-state index contributed by atoms with van der Waals surface area (Å²) in [5.41, 5.74) is 1.39. The fraction of sp³-hybridized carbons (Fsp3) is 0.571. The van der Waals surface area contributed by atoms with Crippen LogP contribution in [0.25, 0.3) is 0 Å². The minimum absolute atomic E-state index is 0.0808.